The van der Waals surface area contributed by atoms with E-state index < -0.39 is 5.60 Å². The van der Waals surface area contributed by atoms with E-state index in [4.69, 9.17) is 10.5 Å². The van der Waals surface area contributed by atoms with Crippen molar-refractivity contribution in [3.05, 3.63) is 12.3 Å². The Morgan fingerprint density at radius 3 is 2.47 bits per heavy atom. The van der Waals surface area contributed by atoms with Gasteiger partial charge in [0, 0.05) is 13.1 Å². The zero-order valence-electron chi connectivity index (χ0n) is 11.1. The number of nitrogens with two attached hydrogens (primary N) is 1. The third-order valence-electron chi connectivity index (χ3n) is 2.87. The molecular weight excluding hydrogens is 216 g/mol. The van der Waals surface area contributed by atoms with Crippen LogP contribution in [0.2, 0.25) is 0 Å². The monoisotopic (exact) mass is 240 g/mol. The molecule has 98 valence electrons. The number of ether oxygens (including phenoxy) is 1. The highest BCUT2D eigenvalue weighted by Gasteiger charge is 2.26. The molecule has 0 spiro atoms. The molecule has 0 aliphatic carbocycles. The standard InChI is InChI=1S/C13H24N2O2/c1-13(2,3)17-12(16)15-9-6-11(7-10-15)5-4-8-14/h4,8,11H,5-7,9-10,14H2,1-3H3. The van der Waals surface area contributed by atoms with E-state index >= 15 is 0 Å². The van der Waals surface area contributed by atoms with Crippen molar-refractivity contribution < 1.29 is 9.53 Å². The second-order valence-electron chi connectivity index (χ2n) is 5.57. The van der Waals surface area contributed by atoms with Gasteiger partial charge in [-0.3, -0.25) is 0 Å². The molecule has 1 heterocycles. The number of carbonyl (C=O) groups excluding carboxylic acids is 1. The van der Waals surface area contributed by atoms with E-state index in [0.717, 1.165) is 32.4 Å². The molecule has 4 nitrogen and oxygen atoms in total. The Morgan fingerprint density at radius 2 is 2.00 bits per heavy atom. The van der Waals surface area contributed by atoms with Gasteiger partial charge in [0.05, 0.1) is 0 Å². The Kier molecular flexibility index (Phi) is 4.85. The smallest absolute Gasteiger partial charge is 0.410 e. The van der Waals surface area contributed by atoms with E-state index in [1.807, 2.05) is 26.8 Å². The van der Waals surface area contributed by atoms with Gasteiger partial charge in [-0.05, 0) is 52.2 Å². The van der Waals surface area contributed by atoms with Crippen LogP contribution in [0.3, 0.4) is 0 Å². The molecule has 0 bridgehead atoms. The van der Waals surface area contributed by atoms with Gasteiger partial charge in [-0.25, -0.2) is 4.79 Å². The van der Waals surface area contributed by atoms with Crippen LogP contribution in [0.1, 0.15) is 40.0 Å². The fourth-order valence-electron chi connectivity index (χ4n) is 1.95. The number of nitrogens with zero attached hydrogens (tertiary/aromatic N) is 1. The molecule has 1 amide bonds. The van der Waals surface area contributed by atoms with Crippen molar-refractivity contribution in [3.63, 3.8) is 0 Å². The number of likely N-dealkylation sites (tertiary alicyclic amines) is 1. The molecule has 0 aromatic carbocycles. The summed E-state index contributed by atoms with van der Waals surface area (Å²) in [7, 11) is 0. The maximum atomic E-state index is 11.8. The Labute approximate surface area is 104 Å². The lowest BCUT2D eigenvalue weighted by molar-refractivity contribution is 0.0185. The van der Waals surface area contributed by atoms with Crippen LogP contribution in [0.5, 0.6) is 0 Å². The highest BCUT2D eigenvalue weighted by Crippen LogP contribution is 2.22. The van der Waals surface area contributed by atoms with Crippen LogP contribution in [0.15, 0.2) is 12.3 Å². The van der Waals surface area contributed by atoms with Gasteiger partial charge < -0.3 is 15.4 Å². The van der Waals surface area contributed by atoms with E-state index in [1.165, 1.54) is 0 Å². The predicted octanol–water partition coefficient (Wildman–Crippen LogP) is 2.50. The summed E-state index contributed by atoms with van der Waals surface area (Å²) >= 11 is 0. The first-order valence-electron chi connectivity index (χ1n) is 6.27. The fraction of sp³-hybridized carbons (Fsp3) is 0.769. The molecule has 1 aliphatic heterocycles. The van der Waals surface area contributed by atoms with Gasteiger partial charge in [-0.1, -0.05) is 6.08 Å². The quantitative estimate of drug-likeness (QED) is 0.806. The number of carbonyl (C=O) groups is 1. The largest absolute Gasteiger partial charge is 0.444 e. The minimum atomic E-state index is -0.407. The maximum absolute atomic E-state index is 11.8. The number of hydrogen-bond acceptors (Lipinski definition) is 3. The Bertz CT molecular complexity index is 274. The molecular formula is C13H24N2O2. The van der Waals surface area contributed by atoms with E-state index in [-0.39, 0.29) is 6.09 Å². The average Bonchev–Trinajstić information content (AvgIpc) is 2.24. The van der Waals surface area contributed by atoms with Crippen LogP contribution in [-0.4, -0.2) is 29.7 Å². The summed E-state index contributed by atoms with van der Waals surface area (Å²) in [5.74, 6) is 0.647. The van der Waals surface area contributed by atoms with Gasteiger partial charge >= 0.3 is 6.09 Å². The lowest BCUT2D eigenvalue weighted by atomic mass is 9.94. The second kappa shape index (κ2) is 5.94. The van der Waals surface area contributed by atoms with Gasteiger partial charge in [0.1, 0.15) is 5.60 Å². The van der Waals surface area contributed by atoms with Crippen LogP contribution in [-0.2, 0) is 4.74 Å². The van der Waals surface area contributed by atoms with Crippen molar-refractivity contribution in [2.75, 3.05) is 13.1 Å². The van der Waals surface area contributed by atoms with Crippen LogP contribution in [0.4, 0.5) is 4.79 Å². The molecule has 1 saturated heterocycles. The molecule has 1 rings (SSSR count). The third kappa shape index (κ3) is 5.11. The minimum absolute atomic E-state index is 0.190. The van der Waals surface area contributed by atoms with Crippen LogP contribution < -0.4 is 5.73 Å². The van der Waals surface area contributed by atoms with Crippen LogP contribution >= 0.6 is 0 Å². The van der Waals surface area contributed by atoms with Gasteiger partial charge in [0.25, 0.3) is 0 Å². The van der Waals surface area contributed by atoms with Gasteiger partial charge in [0.2, 0.25) is 0 Å². The Balaban J connectivity index is 2.34. The van der Waals surface area contributed by atoms with Gasteiger partial charge in [-0.15, -0.1) is 0 Å². The minimum Gasteiger partial charge on any atom is -0.444 e. The Hall–Kier alpha value is -1.19. The summed E-state index contributed by atoms with van der Waals surface area (Å²) in [6, 6.07) is 0. The highest BCUT2D eigenvalue weighted by atomic mass is 16.6. The molecule has 0 radical (unpaired) electrons. The summed E-state index contributed by atoms with van der Waals surface area (Å²) in [5, 5.41) is 0. The first-order valence-corrected chi connectivity index (χ1v) is 6.27. The third-order valence-corrected chi connectivity index (χ3v) is 2.87. The van der Waals surface area contributed by atoms with Gasteiger partial charge in [0.15, 0.2) is 0 Å². The van der Waals surface area contributed by atoms with Crippen LogP contribution in [0.25, 0.3) is 0 Å². The molecule has 0 atom stereocenters. The SMILES string of the molecule is CC(C)(C)OC(=O)N1CCC(CC=CN)CC1. The first kappa shape index (κ1) is 13.9. The van der Waals surface area contributed by atoms with E-state index in [9.17, 15) is 4.79 Å². The molecule has 2 N–H and O–H groups in total. The molecule has 4 heteroatoms. The molecule has 1 fully saturated rings. The summed E-state index contributed by atoms with van der Waals surface area (Å²) in [4.78, 5) is 13.6. The summed E-state index contributed by atoms with van der Waals surface area (Å²) in [6.45, 7) is 7.26. The summed E-state index contributed by atoms with van der Waals surface area (Å²) in [6.07, 6.45) is 6.48. The number of rotatable bonds is 2. The van der Waals surface area contributed by atoms with Crippen molar-refractivity contribution in [2.45, 2.75) is 45.6 Å². The summed E-state index contributed by atoms with van der Waals surface area (Å²) < 4.78 is 5.35. The van der Waals surface area contributed by atoms with Crippen molar-refractivity contribution in [3.8, 4) is 0 Å². The van der Waals surface area contributed by atoms with E-state index in [2.05, 4.69) is 0 Å². The molecule has 0 unspecified atom stereocenters. The van der Waals surface area contributed by atoms with E-state index in [0.29, 0.717) is 5.92 Å². The number of amides is 1. The zero-order chi connectivity index (χ0) is 12.9. The number of hydrogen-bond donors (Lipinski definition) is 1. The van der Waals surface area contributed by atoms with Crippen molar-refractivity contribution in [1.82, 2.24) is 4.90 Å². The van der Waals surface area contributed by atoms with Crippen molar-refractivity contribution >= 4 is 6.09 Å². The number of piperidine rings is 1. The normalized spacial score (nSPS) is 18.6. The second-order valence-corrected chi connectivity index (χ2v) is 5.57. The lowest BCUT2D eigenvalue weighted by Crippen LogP contribution is -2.41. The van der Waals surface area contributed by atoms with E-state index in [1.54, 1.807) is 11.1 Å². The number of allylic oxidation sites excluding steroid dienone is 1. The molecule has 0 aromatic rings. The fourth-order valence-corrected chi connectivity index (χ4v) is 1.95. The Morgan fingerprint density at radius 1 is 1.41 bits per heavy atom. The molecule has 17 heavy (non-hydrogen) atoms. The van der Waals surface area contributed by atoms with Crippen molar-refractivity contribution in [2.24, 2.45) is 11.7 Å². The first-order chi connectivity index (χ1) is 7.92. The topological polar surface area (TPSA) is 55.6 Å². The average molecular weight is 240 g/mol. The highest BCUT2D eigenvalue weighted by molar-refractivity contribution is 5.68. The van der Waals surface area contributed by atoms with Crippen molar-refractivity contribution in [1.29, 1.82) is 0 Å². The maximum Gasteiger partial charge on any atom is 0.410 e. The molecule has 0 aromatic heterocycles. The zero-order valence-corrected chi connectivity index (χ0v) is 11.1. The lowest BCUT2D eigenvalue weighted by Gasteiger charge is -2.33. The van der Waals surface area contributed by atoms with Crippen LogP contribution in [0, 0.1) is 5.92 Å². The molecule has 1 aliphatic rings. The van der Waals surface area contributed by atoms with Gasteiger partial charge in [-0.2, -0.15) is 0 Å². The predicted molar refractivity (Wildman–Crippen MR) is 68.5 cm³/mol. The molecule has 0 saturated carbocycles. The summed E-state index contributed by atoms with van der Waals surface area (Å²) in [5.41, 5.74) is 4.92.